The van der Waals surface area contributed by atoms with E-state index in [1.807, 2.05) is 0 Å². The van der Waals surface area contributed by atoms with E-state index in [-0.39, 0.29) is 39.1 Å². The van der Waals surface area contributed by atoms with Crippen LogP contribution in [0, 0.1) is 0 Å². The van der Waals surface area contributed by atoms with E-state index in [1.165, 1.54) is 0 Å². The largest absolute Gasteiger partial charge is 0.394 e. The Bertz CT molecular complexity index is 842. The molecule has 19 heteroatoms. The van der Waals surface area contributed by atoms with Crippen molar-refractivity contribution in [1.29, 1.82) is 0 Å². The highest BCUT2D eigenvalue weighted by molar-refractivity contribution is 5.03. The molecule has 44 heavy (non-hydrogen) atoms. The smallest absolute Gasteiger partial charge is 0.186 e. The first-order chi connectivity index (χ1) is 20.8. The van der Waals surface area contributed by atoms with Crippen LogP contribution >= 0.6 is 0 Å². The molecular formula is C25H53N7O12. The maximum atomic E-state index is 11.5. The third-order valence-corrected chi connectivity index (χ3v) is 8.40. The lowest BCUT2D eigenvalue weighted by atomic mass is 9.83. The van der Waals surface area contributed by atoms with E-state index in [1.54, 1.807) is 0 Å². The predicted molar refractivity (Wildman–Crippen MR) is 152 cm³/mol. The van der Waals surface area contributed by atoms with E-state index in [9.17, 15) is 40.9 Å². The molecule has 3 fully saturated rings. The number of rotatable bonds is 15. The van der Waals surface area contributed by atoms with Crippen LogP contribution in [0.1, 0.15) is 12.8 Å². The second-order valence-electron chi connectivity index (χ2n) is 11.8. The van der Waals surface area contributed by atoms with Crippen LogP contribution in [0.3, 0.4) is 0 Å². The van der Waals surface area contributed by atoms with Crippen molar-refractivity contribution in [3.8, 4) is 0 Å². The fourth-order valence-corrected chi connectivity index (χ4v) is 5.64. The first-order valence-electron chi connectivity index (χ1n) is 14.9. The van der Waals surface area contributed by atoms with Gasteiger partial charge in [0, 0.05) is 38.3 Å². The zero-order valence-electron chi connectivity index (χ0n) is 24.6. The van der Waals surface area contributed by atoms with Crippen molar-refractivity contribution >= 4 is 0 Å². The van der Waals surface area contributed by atoms with Gasteiger partial charge in [-0.1, -0.05) is 0 Å². The Hall–Kier alpha value is -0.760. The van der Waals surface area contributed by atoms with Crippen molar-refractivity contribution in [3.05, 3.63) is 0 Å². The molecule has 0 aromatic carbocycles. The van der Waals surface area contributed by atoms with E-state index in [4.69, 9.17) is 47.6 Å². The van der Waals surface area contributed by atoms with Crippen LogP contribution < -0.4 is 39.3 Å². The van der Waals surface area contributed by atoms with Crippen LogP contribution in [-0.4, -0.2) is 184 Å². The molecule has 3 unspecified atom stereocenters. The van der Waals surface area contributed by atoms with E-state index in [2.05, 4.69) is 10.6 Å². The van der Waals surface area contributed by atoms with Crippen LogP contribution in [0.4, 0.5) is 0 Å². The fraction of sp³-hybridized carbons (Fsp3) is 1.00. The topological polar surface area (TPSA) is 353 Å². The lowest BCUT2D eigenvalue weighted by Crippen LogP contribution is -2.70. The highest BCUT2D eigenvalue weighted by Gasteiger charge is 2.52. The quantitative estimate of drug-likeness (QED) is 0.0787. The number of nitrogens with one attached hydrogen (secondary N) is 2. The molecule has 2 saturated heterocycles. The van der Waals surface area contributed by atoms with Crippen LogP contribution in [0.5, 0.6) is 0 Å². The molecule has 3 rings (SSSR count). The summed E-state index contributed by atoms with van der Waals surface area (Å²) in [6.07, 6.45) is -16.0. The van der Waals surface area contributed by atoms with Gasteiger partial charge in [0.15, 0.2) is 12.6 Å². The first kappa shape index (κ1) is 37.7. The summed E-state index contributed by atoms with van der Waals surface area (Å²) >= 11 is 0. The molecule has 0 amide bonds. The van der Waals surface area contributed by atoms with E-state index >= 15 is 0 Å². The monoisotopic (exact) mass is 643 g/mol. The third kappa shape index (κ3) is 9.19. The minimum Gasteiger partial charge on any atom is -0.394 e. The number of ether oxygens (including phenoxy) is 4. The van der Waals surface area contributed by atoms with Gasteiger partial charge in [0.05, 0.1) is 30.9 Å². The lowest BCUT2D eigenvalue weighted by molar-refractivity contribution is -0.320. The summed E-state index contributed by atoms with van der Waals surface area (Å²) in [6, 6.07) is -4.09. The molecule has 0 radical (unpaired) electrons. The number of hydrogen-bond donors (Lipinski definition) is 15. The van der Waals surface area contributed by atoms with E-state index < -0.39 is 110 Å². The zero-order valence-corrected chi connectivity index (χ0v) is 24.6. The summed E-state index contributed by atoms with van der Waals surface area (Å²) in [4.78, 5) is 0. The molecule has 2 aliphatic heterocycles. The van der Waals surface area contributed by atoms with Gasteiger partial charge in [-0.2, -0.15) is 0 Å². The van der Waals surface area contributed by atoms with E-state index in [0.717, 1.165) is 0 Å². The molecular weight excluding hydrogens is 590 g/mol. The summed E-state index contributed by atoms with van der Waals surface area (Å²) in [7, 11) is 0. The second kappa shape index (κ2) is 17.4. The third-order valence-electron chi connectivity index (χ3n) is 8.40. The maximum absolute atomic E-state index is 11.5. The molecule has 2 heterocycles. The summed E-state index contributed by atoms with van der Waals surface area (Å²) in [5, 5.41) is 89.1. The van der Waals surface area contributed by atoms with Gasteiger partial charge < -0.3 is 99.1 Å². The van der Waals surface area contributed by atoms with Crippen LogP contribution in [0.15, 0.2) is 0 Å². The summed E-state index contributed by atoms with van der Waals surface area (Å²) in [6.45, 7) is -0.204. The summed E-state index contributed by atoms with van der Waals surface area (Å²) < 4.78 is 23.4. The van der Waals surface area contributed by atoms with E-state index in [0.29, 0.717) is 6.42 Å². The van der Waals surface area contributed by atoms with Crippen LogP contribution in [0.25, 0.3) is 0 Å². The Balaban J connectivity index is 1.76. The SMILES string of the molecule is NCCC(O)CNC[C@H]1O[C@H](OC2[C@@H](N)C[C@@H](NCC(O)CN)[C@H](O[C@H]3O[C@H](CO)[C@@H](O)[C@H](N)[C@H]3O)[C@H]2O)[C@H](N)[C@@H](O)[C@@H]1O. The molecule has 0 spiro atoms. The maximum Gasteiger partial charge on any atom is 0.186 e. The van der Waals surface area contributed by atoms with Gasteiger partial charge in [0.1, 0.15) is 54.9 Å². The minimum absolute atomic E-state index is 0.00685. The Labute approximate surface area is 255 Å². The molecule has 17 atom stereocenters. The van der Waals surface area contributed by atoms with Gasteiger partial charge in [-0.05, 0) is 19.4 Å². The first-order valence-corrected chi connectivity index (χ1v) is 14.9. The van der Waals surface area contributed by atoms with Crippen molar-refractivity contribution in [2.24, 2.45) is 28.7 Å². The molecule has 3 aliphatic rings. The molecule has 0 aromatic heterocycles. The number of nitrogens with two attached hydrogens (primary N) is 5. The predicted octanol–water partition coefficient (Wildman–Crippen LogP) is -9.03. The molecule has 20 N–H and O–H groups in total. The Morgan fingerprint density at radius 1 is 0.750 bits per heavy atom. The standard InChI is InChI=1S/C25H53N7O12/c26-2-1-9(34)5-31-7-13-18(37)19(38)16(30)24(41-13)43-22-11(28)3-12(32-6-10(35)4-27)23(21(22)40)44-25-20(39)15(29)17(36)14(8-33)42-25/h9-25,31-40H,1-8,26-30H2/t9?,10?,11-,12+,13+,14+,15-,16+,17+,18+,19+,20+,21-,22?,23-,24+,25+/m0/s1. The minimum atomic E-state index is -1.55. The van der Waals surface area contributed by atoms with Crippen molar-refractivity contribution in [2.75, 3.05) is 39.3 Å². The molecule has 0 bridgehead atoms. The van der Waals surface area contributed by atoms with Crippen molar-refractivity contribution in [2.45, 2.75) is 117 Å². The lowest BCUT2D eigenvalue weighted by Gasteiger charge is -2.49. The Kier molecular flexibility index (Phi) is 14.9. The van der Waals surface area contributed by atoms with Gasteiger partial charge in [0.25, 0.3) is 0 Å². The molecule has 1 saturated carbocycles. The van der Waals surface area contributed by atoms with Gasteiger partial charge in [-0.3, -0.25) is 0 Å². The second-order valence-corrected chi connectivity index (χ2v) is 11.8. The van der Waals surface area contributed by atoms with Gasteiger partial charge in [0.2, 0.25) is 0 Å². The average molecular weight is 644 g/mol. The molecule has 260 valence electrons. The summed E-state index contributed by atoms with van der Waals surface area (Å²) in [5.41, 5.74) is 29.4. The van der Waals surface area contributed by atoms with Crippen molar-refractivity contribution < 1.29 is 59.8 Å². The van der Waals surface area contributed by atoms with Crippen molar-refractivity contribution in [3.63, 3.8) is 0 Å². The normalized spacial score (nSPS) is 44.8. The van der Waals surface area contributed by atoms with Gasteiger partial charge in [-0.15, -0.1) is 0 Å². The Morgan fingerprint density at radius 3 is 2.05 bits per heavy atom. The number of aliphatic hydroxyl groups excluding tert-OH is 8. The average Bonchev–Trinajstić information content (AvgIpc) is 3.00. The molecule has 0 aromatic rings. The van der Waals surface area contributed by atoms with Gasteiger partial charge >= 0.3 is 0 Å². The van der Waals surface area contributed by atoms with Crippen LogP contribution in [-0.2, 0) is 18.9 Å². The van der Waals surface area contributed by atoms with Gasteiger partial charge in [-0.25, -0.2) is 0 Å². The molecule has 1 aliphatic carbocycles. The Morgan fingerprint density at radius 2 is 1.41 bits per heavy atom. The zero-order chi connectivity index (χ0) is 32.7. The van der Waals surface area contributed by atoms with Crippen LogP contribution in [0.2, 0.25) is 0 Å². The fourth-order valence-electron chi connectivity index (χ4n) is 5.64. The number of hydrogen-bond acceptors (Lipinski definition) is 19. The highest BCUT2D eigenvalue weighted by Crippen LogP contribution is 2.31. The highest BCUT2D eigenvalue weighted by atomic mass is 16.7. The molecule has 19 nitrogen and oxygen atoms in total. The summed E-state index contributed by atoms with van der Waals surface area (Å²) in [5.74, 6) is 0. The van der Waals surface area contributed by atoms with Crippen molar-refractivity contribution in [1.82, 2.24) is 10.6 Å². The number of aliphatic hydroxyl groups is 8.